The van der Waals surface area contributed by atoms with Gasteiger partial charge in [-0.1, -0.05) is 36.4 Å². The molecular weight excluding hydrogens is 395 g/mol. The van der Waals surface area contributed by atoms with Gasteiger partial charge in [-0.2, -0.15) is 5.10 Å². The topological polar surface area (TPSA) is 59.4 Å². The first-order chi connectivity index (χ1) is 15.2. The van der Waals surface area contributed by atoms with Gasteiger partial charge in [0.25, 0.3) is 0 Å². The second kappa shape index (κ2) is 10.2. The first-order valence-electron chi connectivity index (χ1n) is 10.6. The first kappa shape index (κ1) is 21.1. The van der Waals surface area contributed by atoms with Gasteiger partial charge in [0.2, 0.25) is 5.91 Å². The highest BCUT2D eigenvalue weighted by atomic mass is 19.1. The Morgan fingerprint density at radius 2 is 1.97 bits per heavy atom. The van der Waals surface area contributed by atoms with Crippen molar-refractivity contribution in [3.8, 4) is 5.75 Å². The van der Waals surface area contributed by atoms with E-state index in [-0.39, 0.29) is 11.7 Å². The van der Waals surface area contributed by atoms with Crippen LogP contribution in [-0.2, 0) is 17.9 Å². The lowest BCUT2D eigenvalue weighted by atomic mass is 10.1. The van der Waals surface area contributed by atoms with Gasteiger partial charge in [-0.15, -0.1) is 0 Å². The molecule has 0 saturated heterocycles. The number of amides is 1. The van der Waals surface area contributed by atoms with Gasteiger partial charge in [-0.3, -0.25) is 14.4 Å². The fourth-order valence-electron chi connectivity index (χ4n) is 3.80. The lowest BCUT2D eigenvalue weighted by Crippen LogP contribution is -2.33. The number of carbonyl (C=O) groups excluding carboxylic acids is 1. The Labute approximate surface area is 181 Å². The highest BCUT2D eigenvalue weighted by Crippen LogP contribution is 2.32. The molecular formula is C24H27FN4O2. The van der Waals surface area contributed by atoms with Crippen LogP contribution < -0.4 is 10.1 Å². The largest absolute Gasteiger partial charge is 0.484 e. The highest BCUT2D eigenvalue weighted by Gasteiger charge is 2.26. The normalized spacial score (nSPS) is 16.2. The van der Waals surface area contributed by atoms with Crippen molar-refractivity contribution in [3.63, 3.8) is 0 Å². The van der Waals surface area contributed by atoms with E-state index in [4.69, 9.17) is 4.74 Å². The second-order valence-electron chi connectivity index (χ2n) is 7.69. The van der Waals surface area contributed by atoms with E-state index < -0.39 is 6.10 Å². The Hall–Kier alpha value is -3.19. The van der Waals surface area contributed by atoms with Crippen LogP contribution in [0.3, 0.4) is 0 Å². The lowest BCUT2D eigenvalue weighted by molar-refractivity contribution is -0.121. The number of benzene rings is 2. The molecule has 31 heavy (non-hydrogen) atoms. The van der Waals surface area contributed by atoms with Crippen LogP contribution in [0.1, 0.15) is 30.1 Å². The fourth-order valence-corrected chi connectivity index (χ4v) is 3.80. The Bertz CT molecular complexity index is 993. The molecule has 162 valence electrons. The van der Waals surface area contributed by atoms with Gasteiger partial charge in [0.1, 0.15) is 17.7 Å². The molecule has 1 aromatic heterocycles. The predicted octanol–water partition coefficient (Wildman–Crippen LogP) is 3.55. The van der Waals surface area contributed by atoms with Gasteiger partial charge < -0.3 is 10.1 Å². The summed E-state index contributed by atoms with van der Waals surface area (Å²) in [6.07, 6.45) is 4.44. The quantitative estimate of drug-likeness (QED) is 0.564. The van der Waals surface area contributed by atoms with Crippen molar-refractivity contribution in [1.82, 2.24) is 20.0 Å². The third-order valence-corrected chi connectivity index (χ3v) is 5.41. The molecule has 0 bridgehead atoms. The Balaban J connectivity index is 1.34. The number of hydrogen-bond donors (Lipinski definition) is 1. The standard InChI is InChI=1S/C24H27FN4O2/c25-21-9-3-2-8-20(21)23-18-28(17-19-7-1-4-10-22(19)31-23)16-11-24(30)26-12-5-14-29-15-6-13-27-29/h1-4,6-10,13,15,23H,5,11-12,14,16-18H2,(H,26,30). The maximum atomic E-state index is 14.4. The summed E-state index contributed by atoms with van der Waals surface area (Å²) in [5.41, 5.74) is 1.58. The van der Waals surface area contributed by atoms with Gasteiger partial charge in [0.05, 0.1) is 0 Å². The molecule has 6 nitrogen and oxygen atoms in total. The molecule has 2 aromatic carbocycles. The van der Waals surface area contributed by atoms with Crippen LogP contribution in [0, 0.1) is 5.82 Å². The second-order valence-corrected chi connectivity index (χ2v) is 7.69. The Kier molecular flexibility index (Phi) is 6.94. The van der Waals surface area contributed by atoms with Crippen LogP contribution in [0.25, 0.3) is 0 Å². The van der Waals surface area contributed by atoms with E-state index in [0.29, 0.717) is 38.2 Å². The average Bonchev–Trinajstić information content (AvgIpc) is 3.22. The van der Waals surface area contributed by atoms with Gasteiger partial charge in [-0.25, -0.2) is 4.39 Å². The molecule has 0 fully saturated rings. The van der Waals surface area contributed by atoms with Gasteiger partial charge in [-0.05, 0) is 24.6 Å². The Morgan fingerprint density at radius 1 is 1.13 bits per heavy atom. The van der Waals surface area contributed by atoms with Crippen LogP contribution in [0.15, 0.2) is 67.0 Å². The van der Waals surface area contributed by atoms with E-state index in [0.717, 1.165) is 24.3 Å². The van der Waals surface area contributed by atoms with E-state index in [1.54, 1.807) is 18.3 Å². The van der Waals surface area contributed by atoms with E-state index in [1.807, 2.05) is 47.3 Å². The van der Waals surface area contributed by atoms with Crippen molar-refractivity contribution < 1.29 is 13.9 Å². The zero-order chi connectivity index (χ0) is 21.5. The molecule has 1 aliphatic heterocycles. The summed E-state index contributed by atoms with van der Waals surface area (Å²) in [6.45, 7) is 3.14. The van der Waals surface area contributed by atoms with E-state index in [9.17, 15) is 9.18 Å². The SMILES string of the molecule is O=C(CCN1Cc2ccccc2OC(c2ccccc2F)C1)NCCCn1cccn1. The lowest BCUT2D eigenvalue weighted by Gasteiger charge is -2.24. The van der Waals surface area contributed by atoms with Crippen molar-refractivity contribution in [1.29, 1.82) is 0 Å². The number of rotatable bonds is 8. The molecule has 7 heteroatoms. The van der Waals surface area contributed by atoms with Crippen molar-refractivity contribution in [2.24, 2.45) is 0 Å². The predicted molar refractivity (Wildman–Crippen MR) is 116 cm³/mol. The number of aromatic nitrogens is 2. The zero-order valence-corrected chi connectivity index (χ0v) is 17.4. The van der Waals surface area contributed by atoms with Crippen molar-refractivity contribution in [2.45, 2.75) is 32.0 Å². The number of carbonyl (C=O) groups is 1. The summed E-state index contributed by atoms with van der Waals surface area (Å²) < 4.78 is 22.5. The number of nitrogens with one attached hydrogen (secondary N) is 1. The zero-order valence-electron chi connectivity index (χ0n) is 17.4. The van der Waals surface area contributed by atoms with Crippen molar-refractivity contribution in [2.75, 3.05) is 19.6 Å². The van der Waals surface area contributed by atoms with Gasteiger partial charge in [0, 0.05) is 62.7 Å². The monoisotopic (exact) mass is 422 g/mol. The number of para-hydroxylation sites is 1. The maximum absolute atomic E-state index is 14.4. The van der Waals surface area contributed by atoms with Gasteiger partial charge >= 0.3 is 0 Å². The molecule has 4 rings (SSSR count). The molecule has 1 aliphatic rings. The van der Waals surface area contributed by atoms with Crippen LogP contribution >= 0.6 is 0 Å². The number of fused-ring (bicyclic) bond motifs is 1. The maximum Gasteiger partial charge on any atom is 0.221 e. The number of halogens is 1. The summed E-state index contributed by atoms with van der Waals surface area (Å²) in [4.78, 5) is 14.5. The Morgan fingerprint density at radius 3 is 2.81 bits per heavy atom. The van der Waals surface area contributed by atoms with Crippen LogP contribution in [0.5, 0.6) is 5.75 Å². The molecule has 1 N–H and O–H groups in total. The molecule has 3 aromatic rings. The van der Waals surface area contributed by atoms with E-state index in [1.165, 1.54) is 6.07 Å². The number of hydrogen-bond acceptors (Lipinski definition) is 4. The van der Waals surface area contributed by atoms with E-state index in [2.05, 4.69) is 15.3 Å². The molecule has 0 aliphatic carbocycles. The van der Waals surface area contributed by atoms with Crippen LogP contribution in [0.2, 0.25) is 0 Å². The number of aryl methyl sites for hydroxylation is 1. The summed E-state index contributed by atoms with van der Waals surface area (Å²) in [6, 6.07) is 16.4. The molecule has 1 atom stereocenters. The molecule has 1 amide bonds. The summed E-state index contributed by atoms with van der Waals surface area (Å²) in [5.74, 6) is 0.504. The summed E-state index contributed by atoms with van der Waals surface area (Å²) >= 11 is 0. The van der Waals surface area contributed by atoms with Crippen LogP contribution in [-0.4, -0.2) is 40.2 Å². The number of nitrogens with zero attached hydrogens (tertiary/aromatic N) is 3. The minimum atomic E-state index is -0.429. The minimum Gasteiger partial charge on any atom is -0.484 e. The van der Waals surface area contributed by atoms with Crippen LogP contribution in [0.4, 0.5) is 4.39 Å². The van der Waals surface area contributed by atoms with Crippen molar-refractivity contribution in [3.05, 3.63) is 83.9 Å². The van der Waals surface area contributed by atoms with E-state index >= 15 is 0 Å². The molecule has 2 heterocycles. The first-order valence-corrected chi connectivity index (χ1v) is 10.6. The molecule has 1 unspecified atom stereocenters. The summed E-state index contributed by atoms with van der Waals surface area (Å²) in [5, 5.41) is 7.13. The highest BCUT2D eigenvalue weighted by molar-refractivity contribution is 5.76. The minimum absolute atomic E-state index is 0.0151. The average molecular weight is 423 g/mol. The summed E-state index contributed by atoms with van der Waals surface area (Å²) in [7, 11) is 0. The van der Waals surface area contributed by atoms with Gasteiger partial charge in [0.15, 0.2) is 0 Å². The number of ether oxygens (including phenoxy) is 1. The van der Waals surface area contributed by atoms with Crippen molar-refractivity contribution >= 4 is 5.91 Å². The molecule has 0 spiro atoms. The molecule has 0 radical (unpaired) electrons. The third kappa shape index (κ3) is 5.70. The molecule has 0 saturated carbocycles. The fraction of sp³-hybridized carbons (Fsp3) is 0.333. The smallest absolute Gasteiger partial charge is 0.221 e. The third-order valence-electron chi connectivity index (χ3n) is 5.41.